The van der Waals surface area contributed by atoms with Crippen molar-refractivity contribution in [2.45, 2.75) is 107 Å². The third-order valence-corrected chi connectivity index (χ3v) is 19.3. The fourth-order valence-corrected chi connectivity index (χ4v) is 20.3. The van der Waals surface area contributed by atoms with Gasteiger partial charge in [0.05, 0.1) is 0 Å². The average molecular weight is 645 g/mol. The van der Waals surface area contributed by atoms with Crippen LogP contribution >= 0.6 is 30.0 Å². The highest BCUT2D eigenvalue weighted by Gasteiger charge is 2.36. The van der Waals surface area contributed by atoms with Crippen LogP contribution in [0.5, 0.6) is 0 Å². The molecule has 0 saturated carbocycles. The number of hydrogen-bond donors (Lipinski definition) is 8. The summed E-state index contributed by atoms with van der Waals surface area (Å²) in [4.78, 5) is 0. The highest BCUT2D eigenvalue weighted by Crippen LogP contribution is 2.71. The molecule has 0 bridgehead atoms. The molecule has 12 nitrogen and oxygen atoms in total. The van der Waals surface area contributed by atoms with E-state index in [1.54, 1.807) is 0 Å². The Kier molecular flexibility index (Phi) is 20.6. The molecule has 0 aromatic heterocycles. The van der Waals surface area contributed by atoms with Gasteiger partial charge in [0.15, 0.2) is 0 Å². The molecule has 0 amide bonds. The Morgan fingerprint density at radius 2 is 0.400 bits per heavy atom. The largest absolute Gasteiger partial charge is 0.253 e. The maximum absolute atomic E-state index is 5.75. The Morgan fingerprint density at radius 1 is 0.275 bits per heavy atom. The molecule has 0 radical (unpaired) electrons. The van der Waals surface area contributed by atoms with Crippen LogP contribution < -0.4 is 40.7 Å². The van der Waals surface area contributed by atoms with Gasteiger partial charge in [-0.05, 0) is 51.4 Å². The Labute approximate surface area is 247 Å². The average Bonchev–Trinajstić information content (AvgIpc) is 2.96. The van der Waals surface area contributed by atoms with Crippen LogP contribution in [-0.2, 0) is 0 Å². The van der Waals surface area contributed by atoms with Gasteiger partial charge in [0, 0.05) is 52.4 Å². The van der Waals surface area contributed by atoms with E-state index in [4.69, 9.17) is 18.1 Å². The van der Waals surface area contributed by atoms with Crippen LogP contribution in [-0.4, -0.2) is 52.4 Å². The molecule has 1 aliphatic heterocycles. The molecule has 0 fully saturated rings. The van der Waals surface area contributed by atoms with Gasteiger partial charge in [-0.15, -0.1) is 0 Å². The normalized spacial score (nSPS) is 19.0. The van der Waals surface area contributed by atoms with E-state index in [0.29, 0.717) is 0 Å². The molecule has 1 rings (SSSR count). The van der Waals surface area contributed by atoms with Crippen molar-refractivity contribution >= 4 is 30.0 Å². The second-order valence-electron chi connectivity index (χ2n) is 10.0. The minimum Gasteiger partial charge on any atom is -0.253 e. The molecule has 0 unspecified atom stereocenters. The maximum Gasteiger partial charge on any atom is 0.215 e. The van der Waals surface area contributed by atoms with Crippen LogP contribution in [0.1, 0.15) is 107 Å². The van der Waals surface area contributed by atoms with E-state index in [-0.39, 0.29) is 0 Å². The molecule has 16 heteroatoms. The minimum absolute atomic E-state index is 0.822. The van der Waals surface area contributed by atoms with Gasteiger partial charge in [-0.3, -0.25) is 40.7 Å². The van der Waals surface area contributed by atoms with Gasteiger partial charge < -0.3 is 0 Å². The van der Waals surface area contributed by atoms with Crippen molar-refractivity contribution in [1.29, 1.82) is 0 Å². The van der Waals surface area contributed by atoms with Crippen molar-refractivity contribution in [2.24, 2.45) is 18.1 Å². The van der Waals surface area contributed by atoms with Gasteiger partial charge in [0.25, 0.3) is 0 Å². The molecule has 0 atom stereocenters. The Bertz CT molecular complexity index is 694. The quantitative estimate of drug-likeness (QED) is 0.0498. The van der Waals surface area contributed by atoms with Crippen LogP contribution in [0, 0.1) is 0 Å². The van der Waals surface area contributed by atoms with Crippen LogP contribution in [0.2, 0.25) is 0 Å². The van der Waals surface area contributed by atoms with Crippen molar-refractivity contribution in [2.75, 3.05) is 52.4 Å². The first-order valence-corrected chi connectivity index (χ1v) is 22.7. The number of nitrogens with zero attached hydrogens (tertiary/aromatic N) is 4. The summed E-state index contributed by atoms with van der Waals surface area (Å²) in [5.41, 5.74) is 0. The van der Waals surface area contributed by atoms with Gasteiger partial charge in [-0.2, -0.15) is 18.1 Å². The lowest BCUT2D eigenvalue weighted by molar-refractivity contribution is 0.790. The summed E-state index contributed by atoms with van der Waals surface area (Å²) in [6, 6.07) is 0. The van der Waals surface area contributed by atoms with E-state index in [1.807, 2.05) is 0 Å². The zero-order valence-electron chi connectivity index (χ0n) is 26.9. The van der Waals surface area contributed by atoms with E-state index in [0.717, 1.165) is 104 Å². The van der Waals surface area contributed by atoms with E-state index in [1.165, 1.54) is 0 Å². The summed E-state index contributed by atoms with van der Waals surface area (Å²) in [6.45, 7) is 24.2. The third-order valence-electron chi connectivity index (χ3n) is 5.69. The SMILES string of the molecule is CCCNP1(NCCC)=NP(NCCC)(NCCC)=NP(NCCC)(NCCC)=NP(NCCC)(NCCC)=N1. The molecule has 8 N–H and O–H groups in total. The predicted octanol–water partition coefficient (Wildman–Crippen LogP) is 7.78. The molecule has 0 aliphatic carbocycles. The third kappa shape index (κ3) is 13.1. The smallest absolute Gasteiger partial charge is 0.215 e. The van der Waals surface area contributed by atoms with Crippen molar-refractivity contribution in [1.82, 2.24) is 40.7 Å². The fraction of sp³-hybridized carbons (Fsp3) is 1.00. The molecule has 0 spiro atoms. The summed E-state index contributed by atoms with van der Waals surface area (Å²) in [7, 11) is -10.5. The molecule has 1 heterocycles. The van der Waals surface area contributed by atoms with E-state index in [2.05, 4.69) is 96.1 Å². The summed E-state index contributed by atoms with van der Waals surface area (Å²) in [6.07, 6.45) is 7.96. The summed E-state index contributed by atoms with van der Waals surface area (Å²) in [5, 5.41) is 30.6. The molecule has 240 valence electrons. The van der Waals surface area contributed by atoms with Gasteiger partial charge in [-0.1, -0.05) is 55.4 Å². The highest BCUT2D eigenvalue weighted by molar-refractivity contribution is 7.83. The lowest BCUT2D eigenvalue weighted by Gasteiger charge is -2.37. The summed E-state index contributed by atoms with van der Waals surface area (Å²) < 4.78 is 23.0. The topological polar surface area (TPSA) is 146 Å². The molecule has 0 aromatic carbocycles. The summed E-state index contributed by atoms with van der Waals surface area (Å²) in [5.74, 6) is 0. The minimum atomic E-state index is -2.63. The molecule has 0 saturated heterocycles. The van der Waals surface area contributed by atoms with E-state index < -0.39 is 30.0 Å². The Hall–Kier alpha value is 0.600. The van der Waals surface area contributed by atoms with Crippen molar-refractivity contribution in [3.05, 3.63) is 0 Å². The van der Waals surface area contributed by atoms with Crippen LogP contribution in [0.15, 0.2) is 18.1 Å². The Balaban J connectivity index is 4.36. The first kappa shape index (κ1) is 38.6. The van der Waals surface area contributed by atoms with Gasteiger partial charge in [0.1, 0.15) is 0 Å². The van der Waals surface area contributed by atoms with E-state index in [9.17, 15) is 0 Å². The second kappa shape index (κ2) is 21.3. The van der Waals surface area contributed by atoms with Crippen molar-refractivity contribution < 1.29 is 0 Å². The van der Waals surface area contributed by atoms with Crippen molar-refractivity contribution in [3.8, 4) is 0 Å². The van der Waals surface area contributed by atoms with Crippen LogP contribution in [0.3, 0.4) is 0 Å². The molecular formula is C24H64N12P4. The van der Waals surface area contributed by atoms with Crippen molar-refractivity contribution in [3.63, 3.8) is 0 Å². The van der Waals surface area contributed by atoms with Gasteiger partial charge >= 0.3 is 0 Å². The van der Waals surface area contributed by atoms with Gasteiger partial charge in [0.2, 0.25) is 30.0 Å². The number of rotatable bonds is 24. The molecule has 40 heavy (non-hydrogen) atoms. The zero-order valence-corrected chi connectivity index (χ0v) is 30.5. The fourth-order valence-electron chi connectivity index (χ4n) is 3.69. The lowest BCUT2D eigenvalue weighted by Crippen LogP contribution is -2.32. The lowest BCUT2D eigenvalue weighted by atomic mass is 10.5. The zero-order chi connectivity index (χ0) is 29.8. The standard InChI is InChI=1S/C24H64N12P4/c1-9-17-25-37(26-18-10-2)33-38(27-19-11-3,28-20-12-4)35-40(31-23-15-7,32-24-16-8)36-39(34-37,29-21-13-5)30-22-14-6/h25-32H,9-24H2,1-8H3. The second-order valence-corrected chi connectivity index (χ2v) is 20.2. The van der Waals surface area contributed by atoms with Gasteiger partial charge in [-0.25, -0.2) is 0 Å². The molecule has 0 aromatic rings. The first-order chi connectivity index (χ1) is 19.3. The molecular weight excluding hydrogens is 580 g/mol. The molecule has 1 aliphatic rings. The monoisotopic (exact) mass is 644 g/mol. The Morgan fingerprint density at radius 3 is 0.500 bits per heavy atom. The van der Waals surface area contributed by atoms with Crippen LogP contribution in [0.25, 0.3) is 0 Å². The van der Waals surface area contributed by atoms with E-state index >= 15 is 0 Å². The maximum atomic E-state index is 5.75. The number of hydrogen-bond acceptors (Lipinski definition) is 12. The van der Waals surface area contributed by atoms with Crippen LogP contribution in [0.4, 0.5) is 0 Å². The highest BCUT2D eigenvalue weighted by atomic mass is 31.3. The first-order valence-electron chi connectivity index (χ1n) is 15.9. The number of nitrogens with one attached hydrogen (secondary N) is 8. The summed E-state index contributed by atoms with van der Waals surface area (Å²) >= 11 is 0. The predicted molar refractivity (Wildman–Crippen MR) is 184 cm³/mol.